The van der Waals surface area contributed by atoms with Gasteiger partial charge in [-0.1, -0.05) is 6.07 Å². The molecule has 6 N–H and O–H groups in total. The Balaban J connectivity index is 0.000000711. The first-order valence-corrected chi connectivity index (χ1v) is 4.92. The van der Waals surface area contributed by atoms with E-state index in [1.165, 1.54) is 25.1 Å². The summed E-state index contributed by atoms with van der Waals surface area (Å²) < 4.78 is 0. The van der Waals surface area contributed by atoms with Gasteiger partial charge in [-0.2, -0.15) is 0 Å². The van der Waals surface area contributed by atoms with Crippen LogP contribution >= 0.6 is 0 Å². The van der Waals surface area contributed by atoms with Gasteiger partial charge in [0.2, 0.25) is 0 Å². The minimum absolute atomic E-state index is 0.0795. The lowest BCUT2D eigenvalue weighted by atomic mass is 9.94. The number of benzene rings is 1. The minimum atomic E-state index is -1.50. The zero-order valence-corrected chi connectivity index (χ0v) is 9.98. The summed E-state index contributed by atoms with van der Waals surface area (Å²) in [6.07, 6.45) is 0.0795. The van der Waals surface area contributed by atoms with Crippen LogP contribution < -0.4 is 5.73 Å². The van der Waals surface area contributed by atoms with Gasteiger partial charge in [0.1, 0.15) is 5.54 Å². The molecule has 0 aliphatic carbocycles. The number of rotatable bonds is 3. The lowest BCUT2D eigenvalue weighted by Gasteiger charge is -2.19. The first kappa shape index (κ1) is 16.4. The highest BCUT2D eigenvalue weighted by Crippen LogP contribution is 2.26. The Labute approximate surface area is 107 Å². The molecule has 0 aromatic heterocycles. The second kappa shape index (κ2) is 6.40. The number of aromatic hydroxyl groups is 2. The van der Waals surface area contributed by atoms with Crippen LogP contribution in [0.15, 0.2) is 18.2 Å². The fourth-order valence-corrected chi connectivity index (χ4v) is 1.18. The van der Waals surface area contributed by atoms with Gasteiger partial charge >= 0.3 is 5.97 Å². The SMILES string of the molecule is C[C@](N)(Cc1ccc(O)c(O)c1)C(=O)O.O=[N+]([O-])O. The fourth-order valence-electron chi connectivity index (χ4n) is 1.18. The van der Waals surface area contributed by atoms with E-state index in [2.05, 4.69) is 0 Å². The van der Waals surface area contributed by atoms with E-state index in [0.717, 1.165) is 0 Å². The summed E-state index contributed by atoms with van der Waals surface area (Å²) in [5.41, 5.74) is 4.70. The number of nitrogens with zero attached hydrogens (tertiary/aromatic N) is 1. The molecule has 0 heterocycles. The molecule has 0 saturated carbocycles. The second-order valence-corrected chi connectivity index (χ2v) is 3.96. The van der Waals surface area contributed by atoms with Crippen molar-refractivity contribution in [2.45, 2.75) is 18.9 Å². The largest absolute Gasteiger partial charge is 0.504 e. The number of carboxylic acid groups (broad SMARTS) is 1. The topological polar surface area (TPSA) is 167 Å². The number of carbonyl (C=O) groups is 1. The summed E-state index contributed by atoms with van der Waals surface area (Å²) in [7, 11) is 0. The van der Waals surface area contributed by atoms with Gasteiger partial charge in [0, 0.05) is 6.42 Å². The highest BCUT2D eigenvalue weighted by atomic mass is 16.9. The van der Waals surface area contributed by atoms with Crippen LogP contribution in [0.5, 0.6) is 11.5 Å². The Morgan fingerprint density at radius 1 is 1.42 bits per heavy atom. The van der Waals surface area contributed by atoms with E-state index in [4.69, 9.17) is 31.3 Å². The summed E-state index contributed by atoms with van der Waals surface area (Å²) in [6, 6.07) is 4.11. The van der Waals surface area contributed by atoms with Crippen molar-refractivity contribution in [2.24, 2.45) is 5.73 Å². The molecule has 0 spiro atoms. The van der Waals surface area contributed by atoms with Crippen LogP contribution in [0, 0.1) is 10.1 Å². The van der Waals surface area contributed by atoms with Crippen molar-refractivity contribution in [2.75, 3.05) is 0 Å². The van der Waals surface area contributed by atoms with E-state index in [9.17, 15) is 9.90 Å². The van der Waals surface area contributed by atoms with Gasteiger partial charge in [-0.05, 0) is 24.6 Å². The molecule has 0 unspecified atom stereocenters. The average Bonchev–Trinajstić information content (AvgIpc) is 2.22. The maximum Gasteiger partial charge on any atom is 0.323 e. The lowest BCUT2D eigenvalue weighted by molar-refractivity contribution is -0.742. The van der Waals surface area contributed by atoms with Crippen molar-refractivity contribution in [1.82, 2.24) is 0 Å². The molecule has 0 amide bonds. The second-order valence-electron chi connectivity index (χ2n) is 3.96. The van der Waals surface area contributed by atoms with Crippen LogP contribution in [0.1, 0.15) is 12.5 Å². The Kier molecular flexibility index (Phi) is 5.54. The van der Waals surface area contributed by atoms with Crippen LogP contribution in [-0.2, 0) is 11.2 Å². The van der Waals surface area contributed by atoms with E-state index in [1.54, 1.807) is 0 Å². The van der Waals surface area contributed by atoms with Crippen LogP contribution in [-0.4, -0.2) is 37.1 Å². The quantitative estimate of drug-likeness (QED) is 0.293. The molecule has 1 atom stereocenters. The maximum absolute atomic E-state index is 10.7. The third kappa shape index (κ3) is 6.07. The molecule has 0 fully saturated rings. The van der Waals surface area contributed by atoms with Crippen LogP contribution in [0.2, 0.25) is 0 Å². The van der Waals surface area contributed by atoms with Gasteiger partial charge in [0.15, 0.2) is 11.5 Å². The molecule has 9 nitrogen and oxygen atoms in total. The maximum atomic E-state index is 10.7. The minimum Gasteiger partial charge on any atom is -0.504 e. The van der Waals surface area contributed by atoms with Crippen LogP contribution in [0.3, 0.4) is 0 Å². The van der Waals surface area contributed by atoms with Crippen molar-refractivity contribution in [3.63, 3.8) is 0 Å². The average molecular weight is 274 g/mol. The van der Waals surface area contributed by atoms with Crippen molar-refractivity contribution < 1.29 is 30.4 Å². The molecule has 9 heteroatoms. The number of phenols is 2. The van der Waals surface area contributed by atoms with E-state index in [1.807, 2.05) is 0 Å². The monoisotopic (exact) mass is 274 g/mol. The highest BCUT2D eigenvalue weighted by Gasteiger charge is 2.28. The molecule has 106 valence electrons. The third-order valence-electron chi connectivity index (χ3n) is 2.10. The number of hydrogen-bond donors (Lipinski definition) is 5. The molecular formula is C10H14N2O7. The predicted molar refractivity (Wildman–Crippen MR) is 62.5 cm³/mol. The number of hydrogen-bond acceptors (Lipinski definition) is 6. The molecule has 0 bridgehead atoms. The summed E-state index contributed by atoms with van der Waals surface area (Å²) in [5, 5.41) is 40.7. The first-order valence-electron chi connectivity index (χ1n) is 4.92. The number of nitrogens with two attached hydrogens (primary N) is 1. The summed E-state index contributed by atoms with van der Waals surface area (Å²) in [6.45, 7) is 1.39. The summed E-state index contributed by atoms with van der Waals surface area (Å²) in [4.78, 5) is 19.1. The predicted octanol–water partition coefficient (Wildman–Crippen LogP) is 0.0946. The molecule has 19 heavy (non-hydrogen) atoms. The smallest absolute Gasteiger partial charge is 0.323 e. The van der Waals surface area contributed by atoms with E-state index in [0.29, 0.717) is 5.56 Å². The normalized spacial score (nSPS) is 12.7. The van der Waals surface area contributed by atoms with Gasteiger partial charge in [0.05, 0.1) is 0 Å². The highest BCUT2D eigenvalue weighted by molar-refractivity contribution is 5.78. The van der Waals surface area contributed by atoms with Gasteiger partial charge in [-0.25, -0.2) is 0 Å². The zero-order valence-electron chi connectivity index (χ0n) is 9.98. The summed E-state index contributed by atoms with van der Waals surface area (Å²) >= 11 is 0. The molecule has 0 radical (unpaired) electrons. The fraction of sp³-hybridized carbons (Fsp3) is 0.300. The number of phenolic OH excluding ortho intramolecular Hbond substituents is 2. The summed E-state index contributed by atoms with van der Waals surface area (Å²) in [5.74, 6) is -1.64. The van der Waals surface area contributed by atoms with Gasteiger partial charge in [-0.15, -0.1) is 10.1 Å². The van der Waals surface area contributed by atoms with Crippen LogP contribution in [0.4, 0.5) is 0 Å². The number of carboxylic acids is 1. The van der Waals surface area contributed by atoms with Crippen molar-refractivity contribution in [1.29, 1.82) is 0 Å². The zero-order chi connectivity index (χ0) is 15.2. The molecule has 0 saturated heterocycles. The molecule has 1 rings (SSSR count). The molecular weight excluding hydrogens is 260 g/mol. The first-order chi connectivity index (χ1) is 8.56. The standard InChI is InChI=1S/C10H13NO4.HNO3/c1-10(11,9(14)15)5-6-2-3-7(12)8(13)4-6;2-1(3)4/h2-4,12-13H,5,11H2,1H3,(H,14,15);(H,2,3,4)/t10-;/m0./s1. The van der Waals surface area contributed by atoms with Crippen molar-refractivity contribution in [3.8, 4) is 11.5 Å². The van der Waals surface area contributed by atoms with Crippen molar-refractivity contribution in [3.05, 3.63) is 33.9 Å². The van der Waals surface area contributed by atoms with E-state index >= 15 is 0 Å². The van der Waals surface area contributed by atoms with E-state index in [-0.39, 0.29) is 17.9 Å². The Morgan fingerprint density at radius 2 is 1.89 bits per heavy atom. The van der Waals surface area contributed by atoms with Crippen LogP contribution in [0.25, 0.3) is 0 Å². The number of aliphatic carboxylic acids is 1. The molecule has 1 aromatic carbocycles. The molecule has 1 aromatic rings. The van der Waals surface area contributed by atoms with Crippen molar-refractivity contribution >= 4 is 5.97 Å². The molecule has 0 aliphatic rings. The van der Waals surface area contributed by atoms with E-state index < -0.39 is 16.6 Å². The van der Waals surface area contributed by atoms with Gasteiger partial charge < -0.3 is 26.3 Å². The Hall–Kier alpha value is -2.55. The van der Waals surface area contributed by atoms with Gasteiger partial charge in [0.25, 0.3) is 5.09 Å². The Bertz CT molecular complexity index is 469. The Morgan fingerprint density at radius 3 is 2.26 bits per heavy atom. The lowest BCUT2D eigenvalue weighted by Crippen LogP contribution is -2.46. The molecule has 0 aliphatic heterocycles. The van der Waals surface area contributed by atoms with Gasteiger partial charge in [-0.3, -0.25) is 4.79 Å². The third-order valence-corrected chi connectivity index (χ3v) is 2.10.